The second kappa shape index (κ2) is 6.05. The number of aryl methyl sites for hydroxylation is 2. The van der Waals surface area contributed by atoms with Gasteiger partial charge in [0.25, 0.3) is 0 Å². The van der Waals surface area contributed by atoms with Gasteiger partial charge in [-0.3, -0.25) is 9.38 Å². The molecule has 0 spiro atoms. The summed E-state index contributed by atoms with van der Waals surface area (Å²) in [5, 5.41) is 3.54. The minimum Gasteiger partial charge on any atom is -0.335 e. The number of fused-ring (bicyclic) bond motifs is 1. The second-order valence-corrected chi connectivity index (χ2v) is 5.29. The summed E-state index contributed by atoms with van der Waals surface area (Å²) in [6.07, 6.45) is 12.3. The maximum atomic E-state index is 4.34. The molecule has 6 nitrogen and oxygen atoms in total. The van der Waals surface area contributed by atoms with Crippen molar-refractivity contribution >= 4 is 5.65 Å². The first-order valence-electron chi connectivity index (χ1n) is 7.21. The van der Waals surface area contributed by atoms with E-state index in [0.29, 0.717) is 6.04 Å². The molecule has 3 aromatic rings. The first kappa shape index (κ1) is 13.8. The Balaban J connectivity index is 1.54. The van der Waals surface area contributed by atoms with Crippen LogP contribution in [0.4, 0.5) is 0 Å². The van der Waals surface area contributed by atoms with Crippen LogP contribution < -0.4 is 5.32 Å². The highest BCUT2D eigenvalue weighted by molar-refractivity contribution is 5.36. The molecule has 3 rings (SSSR count). The fourth-order valence-corrected chi connectivity index (χ4v) is 2.38. The summed E-state index contributed by atoms with van der Waals surface area (Å²) < 4.78 is 4.24. The van der Waals surface area contributed by atoms with Crippen molar-refractivity contribution in [3.05, 3.63) is 48.7 Å². The van der Waals surface area contributed by atoms with Crippen LogP contribution >= 0.6 is 0 Å². The summed E-state index contributed by atoms with van der Waals surface area (Å²) in [6.45, 7) is 6.02. The van der Waals surface area contributed by atoms with Crippen LogP contribution in [0.15, 0.2) is 37.2 Å². The van der Waals surface area contributed by atoms with Crippen LogP contribution in [-0.2, 0) is 13.1 Å². The van der Waals surface area contributed by atoms with Crippen LogP contribution in [0.25, 0.3) is 5.65 Å². The summed E-state index contributed by atoms with van der Waals surface area (Å²) in [5.74, 6) is 1.07. The van der Waals surface area contributed by atoms with Crippen molar-refractivity contribution in [2.45, 2.75) is 39.4 Å². The predicted molar refractivity (Wildman–Crippen MR) is 80.9 cm³/mol. The van der Waals surface area contributed by atoms with Gasteiger partial charge >= 0.3 is 0 Å². The van der Waals surface area contributed by atoms with Gasteiger partial charge in [0.15, 0.2) is 5.65 Å². The monoisotopic (exact) mass is 284 g/mol. The number of rotatable bonds is 6. The smallest absolute Gasteiger partial charge is 0.155 e. The summed E-state index contributed by atoms with van der Waals surface area (Å²) in [7, 11) is 0. The van der Waals surface area contributed by atoms with Crippen molar-refractivity contribution in [2.75, 3.05) is 0 Å². The Bertz CT molecular complexity index is 714. The van der Waals surface area contributed by atoms with Crippen LogP contribution in [-0.4, -0.2) is 30.0 Å². The lowest BCUT2D eigenvalue weighted by molar-refractivity contribution is 0.468. The Kier molecular flexibility index (Phi) is 3.96. The van der Waals surface area contributed by atoms with Crippen molar-refractivity contribution in [1.82, 2.24) is 29.2 Å². The molecule has 0 bridgehead atoms. The Morgan fingerprint density at radius 3 is 2.90 bits per heavy atom. The highest BCUT2D eigenvalue weighted by atomic mass is 15.1. The van der Waals surface area contributed by atoms with E-state index in [4.69, 9.17) is 0 Å². The molecule has 0 radical (unpaired) electrons. The molecule has 0 aliphatic rings. The number of hydrogen-bond acceptors (Lipinski definition) is 4. The van der Waals surface area contributed by atoms with E-state index < -0.39 is 0 Å². The summed E-state index contributed by atoms with van der Waals surface area (Å²) in [5.41, 5.74) is 2.04. The van der Waals surface area contributed by atoms with Gasteiger partial charge in [-0.15, -0.1) is 0 Å². The molecule has 0 aromatic carbocycles. The van der Waals surface area contributed by atoms with Gasteiger partial charge in [-0.2, -0.15) is 0 Å². The molecule has 0 amide bonds. The molecule has 1 atom stereocenters. The highest BCUT2D eigenvalue weighted by Crippen LogP contribution is 2.06. The third kappa shape index (κ3) is 3.11. The van der Waals surface area contributed by atoms with E-state index in [1.807, 2.05) is 31.7 Å². The lowest BCUT2D eigenvalue weighted by atomic mass is 10.2. The minimum atomic E-state index is 0.430. The molecule has 0 saturated carbocycles. The molecule has 6 heteroatoms. The van der Waals surface area contributed by atoms with Gasteiger partial charge in [0.2, 0.25) is 0 Å². The SMILES string of the molecule is Cc1nccn1CC[C@@H](C)NCc1cnc2cnccn12. The molecule has 21 heavy (non-hydrogen) atoms. The quantitative estimate of drug-likeness (QED) is 0.750. The Morgan fingerprint density at radius 1 is 1.19 bits per heavy atom. The van der Waals surface area contributed by atoms with Crippen LogP contribution in [0.3, 0.4) is 0 Å². The van der Waals surface area contributed by atoms with E-state index in [1.54, 1.807) is 12.4 Å². The molecule has 0 saturated heterocycles. The first-order valence-corrected chi connectivity index (χ1v) is 7.21. The first-order chi connectivity index (χ1) is 10.2. The Hall–Kier alpha value is -2.21. The summed E-state index contributed by atoms with van der Waals surface area (Å²) in [4.78, 5) is 12.7. The van der Waals surface area contributed by atoms with Crippen molar-refractivity contribution < 1.29 is 0 Å². The average Bonchev–Trinajstić information content (AvgIpc) is 3.09. The fourth-order valence-electron chi connectivity index (χ4n) is 2.38. The molecule has 0 aliphatic heterocycles. The molecule has 110 valence electrons. The van der Waals surface area contributed by atoms with Gasteiger partial charge in [0, 0.05) is 43.9 Å². The van der Waals surface area contributed by atoms with Gasteiger partial charge < -0.3 is 9.88 Å². The van der Waals surface area contributed by atoms with E-state index in [-0.39, 0.29) is 0 Å². The standard InChI is InChI=1S/C15H20N6/c1-12(3-6-20-7-5-17-13(20)2)18-9-14-10-19-15-11-16-4-8-21(14)15/h4-5,7-8,10-12,18H,3,6,9H2,1-2H3/t12-/m1/s1. The largest absolute Gasteiger partial charge is 0.335 e. The lowest BCUT2D eigenvalue weighted by Crippen LogP contribution is -2.27. The lowest BCUT2D eigenvalue weighted by Gasteiger charge is -2.14. The molecule has 0 aliphatic carbocycles. The van der Waals surface area contributed by atoms with E-state index in [1.165, 1.54) is 0 Å². The van der Waals surface area contributed by atoms with Gasteiger partial charge in [-0.05, 0) is 20.3 Å². The van der Waals surface area contributed by atoms with Crippen LogP contribution in [0.5, 0.6) is 0 Å². The van der Waals surface area contributed by atoms with Gasteiger partial charge in [0.05, 0.1) is 18.1 Å². The maximum Gasteiger partial charge on any atom is 0.155 e. The van der Waals surface area contributed by atoms with E-state index in [9.17, 15) is 0 Å². The number of aromatic nitrogens is 5. The van der Waals surface area contributed by atoms with Crippen molar-refractivity contribution in [2.24, 2.45) is 0 Å². The summed E-state index contributed by atoms with van der Waals surface area (Å²) >= 11 is 0. The van der Waals surface area contributed by atoms with Crippen LogP contribution in [0, 0.1) is 6.92 Å². The molecular weight excluding hydrogens is 264 g/mol. The molecule has 3 aromatic heterocycles. The number of nitrogens with one attached hydrogen (secondary N) is 1. The zero-order valence-electron chi connectivity index (χ0n) is 12.4. The van der Waals surface area contributed by atoms with Crippen molar-refractivity contribution in [1.29, 1.82) is 0 Å². The zero-order chi connectivity index (χ0) is 14.7. The molecule has 0 fully saturated rings. The number of imidazole rings is 2. The second-order valence-electron chi connectivity index (χ2n) is 5.29. The van der Waals surface area contributed by atoms with Crippen molar-refractivity contribution in [3.8, 4) is 0 Å². The Morgan fingerprint density at radius 2 is 2.10 bits per heavy atom. The van der Waals surface area contributed by atoms with Crippen molar-refractivity contribution in [3.63, 3.8) is 0 Å². The number of nitrogens with zero attached hydrogens (tertiary/aromatic N) is 5. The van der Waals surface area contributed by atoms with E-state index >= 15 is 0 Å². The van der Waals surface area contributed by atoms with Gasteiger partial charge in [-0.25, -0.2) is 9.97 Å². The summed E-state index contributed by atoms with van der Waals surface area (Å²) in [6, 6.07) is 0.430. The third-order valence-corrected chi connectivity index (χ3v) is 3.75. The average molecular weight is 284 g/mol. The topological polar surface area (TPSA) is 60.0 Å². The molecule has 1 N–H and O–H groups in total. The van der Waals surface area contributed by atoms with Gasteiger partial charge in [-0.1, -0.05) is 0 Å². The maximum absolute atomic E-state index is 4.34. The zero-order valence-corrected chi connectivity index (χ0v) is 12.4. The van der Waals surface area contributed by atoms with E-state index in [0.717, 1.165) is 36.7 Å². The molecular formula is C15H20N6. The highest BCUT2D eigenvalue weighted by Gasteiger charge is 2.06. The fraction of sp³-hybridized carbons (Fsp3) is 0.400. The number of hydrogen-bond donors (Lipinski definition) is 1. The van der Waals surface area contributed by atoms with Gasteiger partial charge in [0.1, 0.15) is 5.82 Å². The molecule has 0 unspecified atom stereocenters. The Labute approximate surface area is 123 Å². The van der Waals surface area contributed by atoms with E-state index in [2.05, 4.69) is 36.2 Å². The third-order valence-electron chi connectivity index (χ3n) is 3.75. The van der Waals surface area contributed by atoms with Crippen LogP contribution in [0.1, 0.15) is 24.9 Å². The van der Waals surface area contributed by atoms with Crippen LogP contribution in [0.2, 0.25) is 0 Å². The predicted octanol–water partition coefficient (Wildman–Crippen LogP) is 1.80. The minimum absolute atomic E-state index is 0.430. The molecule has 3 heterocycles. The normalized spacial score (nSPS) is 12.9.